The zero-order chi connectivity index (χ0) is 40.3. The zero-order valence-corrected chi connectivity index (χ0v) is 32.6. The average molecular weight is 769 g/mol. The zero-order valence-electron chi connectivity index (χ0n) is 32.6. The summed E-state index contributed by atoms with van der Waals surface area (Å²) in [5, 5.41) is 3.66. The predicted octanol–water partition coefficient (Wildman–Crippen LogP) is 11.8. The normalized spacial score (nSPS) is 13.1. The van der Waals surface area contributed by atoms with Gasteiger partial charge in [-0.2, -0.15) is 8.78 Å². The van der Waals surface area contributed by atoms with E-state index in [4.69, 9.17) is 9.57 Å². The van der Waals surface area contributed by atoms with Crippen LogP contribution in [0, 0.1) is 26.7 Å². The summed E-state index contributed by atoms with van der Waals surface area (Å²) in [6.07, 6.45) is 0.461. The summed E-state index contributed by atoms with van der Waals surface area (Å²) in [6.45, 7) is 11.0. The number of aromatic nitrogens is 1. The molecule has 0 amide bonds. The fourth-order valence-corrected chi connectivity index (χ4v) is 7.86. The van der Waals surface area contributed by atoms with Crippen LogP contribution >= 0.6 is 0 Å². The van der Waals surface area contributed by atoms with Crippen molar-refractivity contribution < 1.29 is 36.7 Å². The molecule has 0 bridgehead atoms. The number of aryl methyl sites for hydroxylation is 3. The number of hydrogen-bond donors (Lipinski definition) is 1. The highest BCUT2D eigenvalue weighted by Crippen LogP contribution is 2.40. The van der Waals surface area contributed by atoms with Gasteiger partial charge >= 0.3 is 18.3 Å². The second-order valence-electron chi connectivity index (χ2n) is 14.8. The average Bonchev–Trinajstić information content (AvgIpc) is 3.47. The molecule has 0 aliphatic heterocycles. The van der Waals surface area contributed by atoms with E-state index in [2.05, 4.69) is 30.0 Å². The topological polar surface area (TPSA) is 69.6 Å². The van der Waals surface area contributed by atoms with Crippen molar-refractivity contribution in [2.24, 2.45) is 5.92 Å². The highest BCUT2D eigenvalue weighted by molar-refractivity contribution is 6.26. The van der Waals surface area contributed by atoms with E-state index in [0.717, 1.165) is 87.1 Å². The van der Waals surface area contributed by atoms with E-state index in [1.165, 1.54) is 19.1 Å². The Morgan fingerprint density at radius 1 is 0.821 bits per heavy atom. The van der Waals surface area contributed by atoms with Crippen molar-refractivity contribution in [2.75, 3.05) is 6.61 Å². The van der Waals surface area contributed by atoms with Crippen LogP contribution in [-0.2, 0) is 16.2 Å². The van der Waals surface area contributed by atoms with Crippen LogP contribution in [0.15, 0.2) is 84.9 Å². The van der Waals surface area contributed by atoms with Gasteiger partial charge in [-0.1, -0.05) is 93.3 Å². The van der Waals surface area contributed by atoms with Crippen LogP contribution in [0.3, 0.4) is 0 Å². The van der Waals surface area contributed by atoms with E-state index in [1.807, 2.05) is 75.4 Å². The molecule has 0 spiro atoms. The van der Waals surface area contributed by atoms with Crippen LogP contribution in [0.4, 0.5) is 17.6 Å². The molecular weight excluding hydrogens is 721 g/mol. The van der Waals surface area contributed by atoms with E-state index in [0.29, 0.717) is 22.6 Å². The first-order valence-electron chi connectivity index (χ1n) is 19.2. The summed E-state index contributed by atoms with van der Waals surface area (Å²) in [7, 11) is 0. The van der Waals surface area contributed by atoms with E-state index >= 15 is 0 Å². The summed E-state index contributed by atoms with van der Waals surface area (Å²) in [5.74, 6) is -4.52. The monoisotopic (exact) mass is 768 g/mol. The van der Waals surface area contributed by atoms with Gasteiger partial charge in [-0.25, -0.2) is 8.78 Å². The maximum Gasteiger partial charge on any atom is 0.340 e. The van der Waals surface area contributed by atoms with Gasteiger partial charge in [0.2, 0.25) is 0 Å². The number of nitrogens with one attached hydrogen (secondary N) is 1. The van der Waals surface area contributed by atoms with Crippen molar-refractivity contribution in [1.29, 1.82) is 0 Å². The SMILES string of the molecule is CCCCC(CC)Cn1c2ccc(C(NOC(C)=O)c3ccc(OCC(F)(F)C(F)F)cc3)cc2c2cc(C(=O)c3c(C)cc(C)cc3C)c3ccccc3c21. The summed E-state index contributed by atoms with van der Waals surface area (Å²) >= 11 is 0. The summed E-state index contributed by atoms with van der Waals surface area (Å²) in [5.41, 5.74) is 10.4. The number of alkyl halides is 4. The lowest BCUT2D eigenvalue weighted by Gasteiger charge is -2.20. The number of halogens is 4. The third kappa shape index (κ3) is 8.31. The van der Waals surface area contributed by atoms with E-state index in [1.54, 1.807) is 12.1 Å². The Bertz CT molecular complexity index is 2360. The number of ether oxygens (including phenoxy) is 1. The van der Waals surface area contributed by atoms with E-state index in [9.17, 15) is 27.2 Å². The van der Waals surface area contributed by atoms with Crippen LogP contribution in [0.5, 0.6) is 5.75 Å². The highest BCUT2D eigenvalue weighted by Gasteiger charge is 2.41. The Labute approximate surface area is 324 Å². The van der Waals surface area contributed by atoms with Crippen molar-refractivity contribution in [3.63, 3.8) is 0 Å². The van der Waals surface area contributed by atoms with Gasteiger partial charge < -0.3 is 14.1 Å². The van der Waals surface area contributed by atoms with Crippen LogP contribution < -0.4 is 10.2 Å². The Morgan fingerprint density at radius 3 is 2.11 bits per heavy atom. The molecule has 0 saturated carbocycles. The second-order valence-corrected chi connectivity index (χ2v) is 14.8. The van der Waals surface area contributed by atoms with Gasteiger partial charge in [0.25, 0.3) is 0 Å². The van der Waals surface area contributed by atoms with Crippen molar-refractivity contribution in [3.05, 3.63) is 124 Å². The molecule has 10 heteroatoms. The number of carbonyl (C=O) groups excluding carboxylic acids is 2. The minimum Gasteiger partial charge on any atom is -0.487 e. The second kappa shape index (κ2) is 16.9. The molecule has 0 aliphatic rings. The van der Waals surface area contributed by atoms with Crippen molar-refractivity contribution in [3.8, 4) is 5.75 Å². The van der Waals surface area contributed by atoms with E-state index < -0.39 is 31.0 Å². The first-order chi connectivity index (χ1) is 26.7. The van der Waals surface area contributed by atoms with E-state index in [-0.39, 0.29) is 11.5 Å². The molecule has 56 heavy (non-hydrogen) atoms. The van der Waals surface area contributed by atoms with Crippen molar-refractivity contribution >= 4 is 44.3 Å². The van der Waals surface area contributed by atoms with Gasteiger partial charge in [-0.15, -0.1) is 5.48 Å². The lowest BCUT2D eigenvalue weighted by Crippen LogP contribution is -2.33. The number of rotatable bonds is 16. The molecule has 1 heterocycles. The van der Waals surface area contributed by atoms with Crippen LogP contribution in [-0.4, -0.2) is 35.3 Å². The van der Waals surface area contributed by atoms with Crippen LogP contribution in [0.25, 0.3) is 32.6 Å². The third-order valence-electron chi connectivity index (χ3n) is 10.6. The smallest absolute Gasteiger partial charge is 0.340 e. The minimum atomic E-state index is -4.30. The Morgan fingerprint density at radius 2 is 1.48 bits per heavy atom. The first kappa shape index (κ1) is 40.4. The molecular formula is C46H48F4N2O4. The molecule has 0 radical (unpaired) electrons. The minimum absolute atomic E-state index is 0.0180. The van der Waals surface area contributed by atoms with Gasteiger partial charge in [0, 0.05) is 46.3 Å². The summed E-state index contributed by atoms with van der Waals surface area (Å²) < 4.78 is 60.0. The number of nitrogens with zero attached hydrogens (tertiary/aromatic N) is 1. The first-order valence-corrected chi connectivity index (χ1v) is 19.2. The summed E-state index contributed by atoms with van der Waals surface area (Å²) in [4.78, 5) is 32.0. The standard InChI is InChI=1S/C46H48F4N2O4/c1-7-9-12-31(8-2)25-52-40-20-17-33(42(51-56-30(6)53)32-15-18-34(19-16-32)55-26-46(49,50)45(47)48)23-37(40)38-24-39(35-13-10-11-14-36(35)43(38)52)44(54)41-28(4)21-27(3)22-29(41)5/h10-11,13-24,31,42,45,51H,7-9,12,25-26H2,1-6H3. The molecule has 6 aromatic rings. The molecule has 0 aliphatic carbocycles. The van der Waals surface area contributed by atoms with Gasteiger partial charge in [0.05, 0.1) is 11.6 Å². The molecule has 294 valence electrons. The highest BCUT2D eigenvalue weighted by atomic mass is 19.3. The fourth-order valence-electron chi connectivity index (χ4n) is 7.86. The fraction of sp³-hybridized carbons (Fsp3) is 0.348. The molecule has 6 nitrogen and oxygen atoms in total. The largest absolute Gasteiger partial charge is 0.487 e. The van der Waals surface area contributed by atoms with Crippen LogP contribution in [0.1, 0.15) is 96.2 Å². The molecule has 2 atom stereocenters. The lowest BCUT2D eigenvalue weighted by atomic mass is 9.89. The molecule has 6 rings (SSSR count). The van der Waals surface area contributed by atoms with Gasteiger partial charge in [0.15, 0.2) is 12.4 Å². The predicted molar refractivity (Wildman–Crippen MR) is 214 cm³/mol. The Hall–Kier alpha value is -5.22. The van der Waals surface area contributed by atoms with Crippen molar-refractivity contribution in [2.45, 2.75) is 92.2 Å². The molecule has 0 saturated heterocycles. The lowest BCUT2D eigenvalue weighted by molar-refractivity contribution is -0.149. The van der Waals surface area contributed by atoms with Gasteiger partial charge in [-0.3, -0.25) is 9.59 Å². The molecule has 1 N–H and O–H groups in total. The molecule has 5 aromatic carbocycles. The number of benzene rings is 5. The molecule has 2 unspecified atom stereocenters. The number of ketones is 1. The van der Waals surface area contributed by atoms with Crippen LogP contribution in [0.2, 0.25) is 0 Å². The quantitative estimate of drug-likeness (QED) is 0.0603. The maximum atomic E-state index is 14.7. The Kier molecular flexibility index (Phi) is 12.2. The number of fused-ring (bicyclic) bond motifs is 5. The third-order valence-corrected chi connectivity index (χ3v) is 10.6. The maximum absolute atomic E-state index is 14.7. The van der Waals surface area contributed by atoms with Crippen molar-refractivity contribution in [1.82, 2.24) is 10.0 Å². The van der Waals surface area contributed by atoms with Gasteiger partial charge in [0.1, 0.15) is 5.75 Å². The number of hydrogen-bond acceptors (Lipinski definition) is 5. The number of unbranched alkanes of at least 4 members (excludes halogenated alkanes) is 1. The van der Waals surface area contributed by atoms with Gasteiger partial charge in [-0.05, 0) is 91.1 Å². The Balaban J connectivity index is 1.55. The number of carbonyl (C=O) groups is 2. The number of hydroxylamine groups is 1. The molecule has 0 fully saturated rings. The summed E-state index contributed by atoms with van der Waals surface area (Å²) in [6, 6.07) is 25.5. The molecule has 1 aromatic heterocycles.